The first-order valence-electron chi connectivity index (χ1n) is 8.76. The number of hydrogen-bond acceptors (Lipinski definition) is 5. The molecule has 0 radical (unpaired) electrons. The van der Waals surface area contributed by atoms with Crippen molar-refractivity contribution >= 4 is 23.5 Å². The van der Waals surface area contributed by atoms with E-state index >= 15 is 0 Å². The van der Waals surface area contributed by atoms with Gasteiger partial charge in [-0.25, -0.2) is 9.59 Å². The number of rotatable bonds is 4. The van der Waals surface area contributed by atoms with Crippen molar-refractivity contribution in [2.24, 2.45) is 0 Å². The molecule has 1 fully saturated rings. The number of anilines is 2. The normalized spacial score (nSPS) is 14.5. The van der Waals surface area contributed by atoms with Crippen molar-refractivity contribution in [1.82, 2.24) is 14.8 Å². The summed E-state index contributed by atoms with van der Waals surface area (Å²) in [5.41, 5.74) is 2.35. The number of nitrogens with zero attached hydrogens (tertiary/aromatic N) is 3. The van der Waals surface area contributed by atoms with Crippen LogP contribution in [0.4, 0.5) is 21.0 Å². The van der Waals surface area contributed by atoms with Crippen LogP contribution in [0.3, 0.4) is 0 Å². The lowest BCUT2D eigenvalue weighted by atomic mass is 10.2. The minimum absolute atomic E-state index is 0.147. The summed E-state index contributed by atoms with van der Waals surface area (Å²) in [6.07, 6.45) is 3.08. The highest BCUT2D eigenvalue weighted by molar-refractivity contribution is 5.91. The average Bonchev–Trinajstić information content (AvgIpc) is 2.69. The summed E-state index contributed by atoms with van der Waals surface area (Å²) >= 11 is 0. The molecule has 1 aliphatic heterocycles. The van der Waals surface area contributed by atoms with Crippen LogP contribution in [0.15, 0.2) is 48.8 Å². The van der Waals surface area contributed by atoms with E-state index in [1.807, 2.05) is 12.3 Å². The molecule has 0 aliphatic carbocycles. The van der Waals surface area contributed by atoms with Gasteiger partial charge in [0.2, 0.25) is 0 Å². The van der Waals surface area contributed by atoms with Crippen LogP contribution in [0.1, 0.15) is 5.56 Å². The first kappa shape index (κ1) is 18.7. The van der Waals surface area contributed by atoms with Crippen molar-refractivity contribution in [2.75, 3.05) is 43.9 Å². The molecule has 2 heterocycles. The van der Waals surface area contributed by atoms with Gasteiger partial charge in [-0.3, -0.25) is 15.2 Å². The summed E-state index contributed by atoms with van der Waals surface area (Å²) in [6, 6.07) is 10.8. The number of ether oxygens (including phenoxy) is 1. The summed E-state index contributed by atoms with van der Waals surface area (Å²) in [5, 5.41) is 5.45. The van der Waals surface area contributed by atoms with Crippen molar-refractivity contribution in [2.45, 2.75) is 6.54 Å². The first-order valence-corrected chi connectivity index (χ1v) is 8.76. The quantitative estimate of drug-likeness (QED) is 0.865. The summed E-state index contributed by atoms with van der Waals surface area (Å²) < 4.78 is 4.57. The van der Waals surface area contributed by atoms with E-state index in [9.17, 15) is 9.59 Å². The van der Waals surface area contributed by atoms with Gasteiger partial charge < -0.3 is 15.0 Å². The van der Waals surface area contributed by atoms with E-state index in [1.54, 1.807) is 35.4 Å². The fraction of sp³-hybridized carbons (Fsp3) is 0.316. The van der Waals surface area contributed by atoms with E-state index in [1.165, 1.54) is 12.7 Å². The summed E-state index contributed by atoms with van der Waals surface area (Å²) in [5.74, 6) is 0. The molecule has 2 aromatic rings. The number of pyridine rings is 1. The molecule has 0 unspecified atom stereocenters. The monoisotopic (exact) mass is 369 g/mol. The van der Waals surface area contributed by atoms with Crippen LogP contribution in [-0.2, 0) is 11.3 Å². The van der Waals surface area contributed by atoms with Gasteiger partial charge in [0.1, 0.15) is 0 Å². The molecule has 8 nitrogen and oxygen atoms in total. The van der Waals surface area contributed by atoms with Gasteiger partial charge in [0, 0.05) is 56.5 Å². The third-order valence-corrected chi connectivity index (χ3v) is 4.33. The van der Waals surface area contributed by atoms with Crippen LogP contribution in [0, 0.1) is 0 Å². The van der Waals surface area contributed by atoms with Crippen LogP contribution < -0.4 is 10.6 Å². The zero-order valence-electron chi connectivity index (χ0n) is 15.2. The van der Waals surface area contributed by atoms with E-state index in [0.717, 1.165) is 19.6 Å². The number of benzene rings is 1. The highest BCUT2D eigenvalue weighted by Gasteiger charge is 2.21. The molecule has 3 rings (SSSR count). The molecular formula is C19H23N5O3. The third kappa shape index (κ3) is 5.42. The minimum Gasteiger partial charge on any atom is -0.453 e. The minimum atomic E-state index is -0.553. The van der Waals surface area contributed by atoms with Gasteiger partial charge in [-0.1, -0.05) is 12.1 Å². The number of hydrogen-bond donors (Lipinski definition) is 2. The number of carbonyl (C=O) groups is 2. The molecule has 1 aromatic carbocycles. The van der Waals surface area contributed by atoms with Crippen LogP contribution in [0.5, 0.6) is 0 Å². The molecule has 1 saturated heterocycles. The van der Waals surface area contributed by atoms with Crippen LogP contribution in [-0.4, -0.2) is 60.2 Å². The molecule has 0 bridgehead atoms. The second-order valence-corrected chi connectivity index (χ2v) is 6.25. The largest absolute Gasteiger partial charge is 0.453 e. The maximum atomic E-state index is 12.5. The molecule has 8 heteroatoms. The number of urea groups is 1. The summed E-state index contributed by atoms with van der Waals surface area (Å²) in [7, 11) is 1.30. The van der Waals surface area contributed by atoms with Crippen LogP contribution >= 0.6 is 0 Å². The Morgan fingerprint density at radius 3 is 2.48 bits per heavy atom. The number of aromatic nitrogens is 1. The van der Waals surface area contributed by atoms with Crippen molar-refractivity contribution in [3.63, 3.8) is 0 Å². The predicted molar refractivity (Wildman–Crippen MR) is 103 cm³/mol. The third-order valence-electron chi connectivity index (χ3n) is 4.33. The molecule has 1 aromatic heterocycles. The van der Waals surface area contributed by atoms with E-state index in [0.29, 0.717) is 24.5 Å². The Hall–Kier alpha value is -3.13. The number of piperazine rings is 1. The second kappa shape index (κ2) is 9.00. The van der Waals surface area contributed by atoms with E-state index in [-0.39, 0.29) is 6.03 Å². The highest BCUT2D eigenvalue weighted by Crippen LogP contribution is 2.16. The smallest absolute Gasteiger partial charge is 0.411 e. The molecule has 3 amide bonds. The Kier molecular flexibility index (Phi) is 6.22. The SMILES string of the molecule is COC(=O)Nc1cccc(NC(=O)N2CCN(Cc3cccnc3)CC2)c1. The fourth-order valence-corrected chi connectivity index (χ4v) is 2.91. The molecule has 27 heavy (non-hydrogen) atoms. The zero-order valence-corrected chi connectivity index (χ0v) is 15.2. The van der Waals surface area contributed by atoms with Crippen molar-refractivity contribution in [3.8, 4) is 0 Å². The number of carbonyl (C=O) groups excluding carboxylic acids is 2. The Bertz CT molecular complexity index is 776. The van der Waals surface area contributed by atoms with Gasteiger partial charge in [-0.2, -0.15) is 0 Å². The molecular weight excluding hydrogens is 346 g/mol. The Labute approximate surface area is 158 Å². The molecule has 2 N–H and O–H groups in total. The Morgan fingerprint density at radius 2 is 1.81 bits per heavy atom. The fourth-order valence-electron chi connectivity index (χ4n) is 2.91. The number of methoxy groups -OCH3 is 1. The molecule has 0 spiro atoms. The standard InChI is InChI=1S/C19H23N5O3/c1-27-19(26)22-17-6-2-5-16(12-17)21-18(25)24-10-8-23(9-11-24)14-15-4-3-7-20-13-15/h2-7,12-13H,8-11,14H2,1H3,(H,21,25)(H,22,26). The molecule has 0 atom stereocenters. The van der Waals surface area contributed by atoms with Crippen molar-refractivity contribution < 1.29 is 14.3 Å². The second-order valence-electron chi connectivity index (χ2n) is 6.25. The van der Waals surface area contributed by atoms with Gasteiger partial charge in [-0.15, -0.1) is 0 Å². The highest BCUT2D eigenvalue weighted by atomic mass is 16.5. The first-order chi connectivity index (χ1) is 13.1. The van der Waals surface area contributed by atoms with E-state index < -0.39 is 6.09 Å². The van der Waals surface area contributed by atoms with Gasteiger partial charge in [0.05, 0.1) is 7.11 Å². The molecule has 1 aliphatic rings. The summed E-state index contributed by atoms with van der Waals surface area (Å²) in [6.45, 7) is 3.78. The Balaban J connectivity index is 1.49. The van der Waals surface area contributed by atoms with Crippen LogP contribution in [0.2, 0.25) is 0 Å². The van der Waals surface area contributed by atoms with Gasteiger partial charge in [0.25, 0.3) is 0 Å². The number of nitrogens with one attached hydrogen (secondary N) is 2. The molecule has 0 saturated carbocycles. The van der Waals surface area contributed by atoms with Gasteiger partial charge in [0.15, 0.2) is 0 Å². The molecule has 142 valence electrons. The maximum absolute atomic E-state index is 12.5. The van der Waals surface area contributed by atoms with E-state index in [2.05, 4.69) is 31.3 Å². The predicted octanol–water partition coefficient (Wildman–Crippen LogP) is 2.61. The lowest BCUT2D eigenvalue weighted by Gasteiger charge is -2.34. The lowest BCUT2D eigenvalue weighted by molar-refractivity contribution is 0.143. The van der Waals surface area contributed by atoms with Gasteiger partial charge >= 0.3 is 12.1 Å². The maximum Gasteiger partial charge on any atom is 0.411 e. The van der Waals surface area contributed by atoms with Gasteiger partial charge in [-0.05, 0) is 29.8 Å². The van der Waals surface area contributed by atoms with E-state index in [4.69, 9.17) is 0 Å². The topological polar surface area (TPSA) is 86.8 Å². The zero-order chi connectivity index (χ0) is 19.1. The van der Waals surface area contributed by atoms with Crippen molar-refractivity contribution in [3.05, 3.63) is 54.4 Å². The lowest BCUT2D eigenvalue weighted by Crippen LogP contribution is -2.49. The Morgan fingerprint density at radius 1 is 1.07 bits per heavy atom. The summed E-state index contributed by atoms with van der Waals surface area (Å²) in [4.78, 5) is 32.0. The number of amides is 3. The van der Waals surface area contributed by atoms with Crippen LogP contribution in [0.25, 0.3) is 0 Å². The average molecular weight is 369 g/mol. The van der Waals surface area contributed by atoms with Crippen molar-refractivity contribution in [1.29, 1.82) is 0 Å².